The topological polar surface area (TPSA) is 97.2 Å². The van der Waals surface area contributed by atoms with Gasteiger partial charge >= 0.3 is 0 Å². The minimum absolute atomic E-state index is 0.0223. The van der Waals surface area contributed by atoms with Crippen LogP contribution in [0.2, 0.25) is 0 Å². The molecule has 0 unspecified atom stereocenters. The molecule has 1 fully saturated rings. The Morgan fingerprint density at radius 1 is 0.943 bits per heavy atom. The number of anilines is 1. The van der Waals surface area contributed by atoms with Crippen molar-refractivity contribution in [2.45, 2.75) is 18.9 Å². The lowest BCUT2D eigenvalue weighted by Crippen LogP contribution is -2.49. The van der Waals surface area contributed by atoms with Crippen LogP contribution in [0.4, 0.5) is 5.69 Å². The van der Waals surface area contributed by atoms with Gasteiger partial charge in [-0.3, -0.25) is 19.4 Å². The number of likely N-dealkylation sites (tertiary alicyclic amines) is 1. The van der Waals surface area contributed by atoms with Gasteiger partial charge in [0.05, 0.1) is 6.20 Å². The molecule has 2 amide bonds. The van der Waals surface area contributed by atoms with Gasteiger partial charge in [0.2, 0.25) is 0 Å². The molecule has 2 bridgehead atoms. The van der Waals surface area contributed by atoms with E-state index >= 15 is 0 Å². The van der Waals surface area contributed by atoms with Gasteiger partial charge in [0.1, 0.15) is 11.4 Å². The Bertz CT molecular complexity index is 1510. The summed E-state index contributed by atoms with van der Waals surface area (Å²) in [5, 5.41) is 4.82. The van der Waals surface area contributed by atoms with Gasteiger partial charge in [-0.05, 0) is 47.4 Å². The number of piperidine rings is 1. The fourth-order valence-electron chi connectivity index (χ4n) is 5.31. The second-order valence-corrected chi connectivity index (χ2v) is 9.20. The van der Waals surface area contributed by atoms with E-state index in [0.29, 0.717) is 25.2 Å². The van der Waals surface area contributed by atoms with E-state index in [2.05, 4.69) is 15.3 Å². The summed E-state index contributed by atoms with van der Waals surface area (Å²) < 4.78 is 1.75. The molecule has 174 valence electrons. The summed E-state index contributed by atoms with van der Waals surface area (Å²) in [6.45, 7) is 1.68. The fourth-order valence-corrected chi connectivity index (χ4v) is 5.31. The molecule has 6 rings (SSSR count). The van der Waals surface area contributed by atoms with Crippen LogP contribution in [0.3, 0.4) is 0 Å². The molecule has 0 radical (unpaired) electrons. The van der Waals surface area contributed by atoms with Crippen LogP contribution >= 0.6 is 0 Å². The molecule has 4 aromatic rings. The number of carbonyl (C=O) groups is 2. The van der Waals surface area contributed by atoms with Gasteiger partial charge in [-0.25, -0.2) is 4.98 Å². The first kappa shape index (κ1) is 21.2. The molecule has 1 N–H and O–H groups in total. The van der Waals surface area contributed by atoms with E-state index in [1.54, 1.807) is 10.6 Å². The first-order chi connectivity index (χ1) is 17.1. The number of fused-ring (bicyclic) bond motifs is 5. The molecule has 35 heavy (non-hydrogen) atoms. The number of nitrogens with one attached hydrogen (secondary N) is 1. The Labute approximate surface area is 201 Å². The molecule has 2 aliphatic heterocycles. The Hall–Kier alpha value is -4.33. The van der Waals surface area contributed by atoms with Crippen LogP contribution in [0.5, 0.6) is 0 Å². The molecule has 1 saturated heterocycles. The van der Waals surface area contributed by atoms with Crippen molar-refractivity contribution < 1.29 is 9.59 Å². The smallest absolute Gasteiger partial charge is 0.276 e. The Morgan fingerprint density at radius 3 is 2.63 bits per heavy atom. The molecule has 0 aliphatic carbocycles. The lowest BCUT2D eigenvalue weighted by molar-refractivity contribution is 0.0594. The number of nitrogens with zero attached hydrogens (tertiary/aromatic N) is 4. The van der Waals surface area contributed by atoms with Gasteiger partial charge in [0.15, 0.2) is 0 Å². The van der Waals surface area contributed by atoms with Crippen molar-refractivity contribution in [2.75, 3.05) is 18.4 Å². The number of pyridine rings is 1. The van der Waals surface area contributed by atoms with Gasteiger partial charge in [-0.2, -0.15) is 0 Å². The van der Waals surface area contributed by atoms with E-state index in [0.717, 1.165) is 22.9 Å². The van der Waals surface area contributed by atoms with Gasteiger partial charge in [0.25, 0.3) is 17.4 Å². The molecular formula is C27H23N5O3. The van der Waals surface area contributed by atoms with Crippen LogP contribution in [0.25, 0.3) is 10.8 Å². The number of hydrogen-bond acceptors (Lipinski definition) is 5. The molecule has 8 heteroatoms. The van der Waals surface area contributed by atoms with Crippen molar-refractivity contribution in [1.82, 2.24) is 19.4 Å². The number of amides is 2. The summed E-state index contributed by atoms with van der Waals surface area (Å²) >= 11 is 0. The minimum atomic E-state index is -0.473. The summed E-state index contributed by atoms with van der Waals surface area (Å²) in [7, 11) is 0. The zero-order valence-electron chi connectivity index (χ0n) is 18.9. The van der Waals surface area contributed by atoms with Gasteiger partial charge in [-0.15, -0.1) is 0 Å². The minimum Gasteiger partial charge on any atom is -0.338 e. The molecule has 2 atom stereocenters. The van der Waals surface area contributed by atoms with Crippen molar-refractivity contribution in [3.63, 3.8) is 0 Å². The van der Waals surface area contributed by atoms with Crippen LogP contribution in [0.1, 0.15) is 38.9 Å². The highest BCUT2D eigenvalue weighted by molar-refractivity contribution is 6.02. The quantitative estimate of drug-likeness (QED) is 0.501. The molecule has 2 aliphatic rings. The highest BCUT2D eigenvalue weighted by atomic mass is 16.2. The van der Waals surface area contributed by atoms with E-state index in [9.17, 15) is 14.4 Å². The lowest BCUT2D eigenvalue weighted by Gasteiger charge is -2.43. The average Bonchev–Trinajstić information content (AvgIpc) is 2.90. The largest absolute Gasteiger partial charge is 0.338 e. The third-order valence-electron chi connectivity index (χ3n) is 6.93. The number of rotatable bonds is 3. The zero-order valence-corrected chi connectivity index (χ0v) is 18.9. The monoisotopic (exact) mass is 465 g/mol. The Morgan fingerprint density at radius 2 is 1.80 bits per heavy atom. The first-order valence-electron chi connectivity index (χ1n) is 11.7. The van der Waals surface area contributed by atoms with Crippen molar-refractivity contribution in [2.24, 2.45) is 5.92 Å². The van der Waals surface area contributed by atoms with E-state index < -0.39 is 5.91 Å². The van der Waals surface area contributed by atoms with Crippen LogP contribution in [-0.2, 0) is 6.54 Å². The number of aromatic nitrogens is 3. The molecule has 2 aromatic heterocycles. The van der Waals surface area contributed by atoms with Gasteiger partial charge in [-0.1, -0.05) is 30.3 Å². The lowest BCUT2D eigenvalue weighted by atomic mass is 9.83. The van der Waals surface area contributed by atoms with Crippen LogP contribution in [0, 0.1) is 5.92 Å². The number of carbonyl (C=O) groups excluding carboxylic acids is 2. The van der Waals surface area contributed by atoms with E-state index in [4.69, 9.17) is 0 Å². The normalized spacial score (nSPS) is 18.7. The number of hydrogen-bond donors (Lipinski definition) is 1. The summed E-state index contributed by atoms with van der Waals surface area (Å²) in [6, 6.07) is 17.4. The van der Waals surface area contributed by atoms with Crippen molar-refractivity contribution >= 4 is 28.3 Å². The second kappa shape index (κ2) is 8.47. The third kappa shape index (κ3) is 3.86. The van der Waals surface area contributed by atoms with Gasteiger partial charge in [0, 0.05) is 49.2 Å². The molecule has 0 spiro atoms. The molecular weight excluding hydrogens is 442 g/mol. The Balaban J connectivity index is 1.24. The zero-order chi connectivity index (χ0) is 23.9. The molecule has 4 heterocycles. The van der Waals surface area contributed by atoms with E-state index in [1.165, 1.54) is 18.6 Å². The fraction of sp³-hybridized carbons (Fsp3) is 0.222. The maximum absolute atomic E-state index is 13.4. The van der Waals surface area contributed by atoms with Crippen molar-refractivity contribution in [3.8, 4) is 0 Å². The summed E-state index contributed by atoms with van der Waals surface area (Å²) in [4.78, 5) is 48.8. The maximum Gasteiger partial charge on any atom is 0.276 e. The van der Waals surface area contributed by atoms with Crippen molar-refractivity contribution in [1.29, 1.82) is 0 Å². The van der Waals surface area contributed by atoms with Crippen molar-refractivity contribution in [3.05, 3.63) is 100 Å². The molecule has 8 nitrogen and oxygen atoms in total. The molecule has 2 aromatic carbocycles. The first-order valence-corrected chi connectivity index (χ1v) is 11.7. The van der Waals surface area contributed by atoms with Gasteiger partial charge < -0.3 is 14.8 Å². The maximum atomic E-state index is 13.4. The van der Waals surface area contributed by atoms with E-state index in [1.807, 2.05) is 53.4 Å². The van der Waals surface area contributed by atoms with E-state index in [-0.39, 0.29) is 34.7 Å². The second-order valence-electron chi connectivity index (χ2n) is 9.20. The standard InChI is InChI=1S/C27H23N5O3/c33-25(23-13-28-9-10-29-23)30-22-7-8-24-21-11-17(15-32(24)27(22)35)14-31(16-21)26(34)20-6-5-18-3-1-2-4-19(18)12-20/h1-10,12-13,17,21H,11,14-16H2,(H,30,33)/t17-,21-/m1/s1. The SMILES string of the molecule is O=C(Nc1ccc2n(c1=O)C[C@@H]1C[C@@H]2CN(C(=O)c2ccc3ccccc3c2)C1)c1cnccn1. The summed E-state index contributed by atoms with van der Waals surface area (Å²) in [6.07, 6.45) is 5.21. The highest BCUT2D eigenvalue weighted by Gasteiger charge is 2.37. The van der Waals surface area contributed by atoms with Crippen LogP contribution in [0.15, 0.2) is 78.0 Å². The average molecular weight is 466 g/mol. The number of benzene rings is 2. The van der Waals surface area contributed by atoms with Crippen LogP contribution < -0.4 is 10.9 Å². The third-order valence-corrected chi connectivity index (χ3v) is 6.93. The van der Waals surface area contributed by atoms with Crippen LogP contribution in [-0.4, -0.2) is 44.3 Å². The predicted octanol–water partition coefficient (Wildman–Crippen LogP) is 3.30. The summed E-state index contributed by atoms with van der Waals surface area (Å²) in [5.41, 5.74) is 1.72. The summed E-state index contributed by atoms with van der Waals surface area (Å²) in [5.74, 6) is -0.202. The highest BCUT2D eigenvalue weighted by Crippen LogP contribution is 2.36. The molecule has 0 saturated carbocycles. The predicted molar refractivity (Wildman–Crippen MR) is 131 cm³/mol. The Kier molecular flexibility index (Phi) is 5.13.